The Labute approximate surface area is 285 Å². The molecule has 0 aliphatic carbocycles. The third-order valence-electron chi connectivity index (χ3n) is 8.97. The molecule has 0 unspecified atom stereocenters. The first-order valence-electron chi connectivity index (χ1n) is 17.6. The number of ether oxygens (including phenoxy) is 1. The molecule has 0 saturated carbocycles. The standard InChI is InChI=1S/C34H61N5O9/c1-9-12-13-14-15-16-26-23(11-3)34(47)39(8)25(17-20(4)5)31(44)37-28(21(6)10-2)33(46)36-24(19-40)30(43)38-29(22(7)41)32(45)35-18-27(42)48-26/h20-26,28-29,40-41H,9-19H2,1-8H3,(H,35,45)(H,36,46)(H,37,44)(H,38,43)/t21-,22+,23-,24+,25+,26-,28+,29+/m1/s1. The van der Waals surface area contributed by atoms with Crippen molar-refractivity contribution in [2.45, 2.75) is 143 Å². The topological polar surface area (TPSA) is 203 Å². The Morgan fingerprint density at radius 2 is 1.46 bits per heavy atom. The summed E-state index contributed by atoms with van der Waals surface area (Å²) in [5.74, 6) is -5.54. The van der Waals surface area contributed by atoms with E-state index in [1.807, 2.05) is 20.8 Å². The van der Waals surface area contributed by atoms with Crippen LogP contribution in [0.3, 0.4) is 0 Å². The molecule has 1 fully saturated rings. The first-order valence-corrected chi connectivity index (χ1v) is 17.6. The summed E-state index contributed by atoms with van der Waals surface area (Å²) in [5.41, 5.74) is 0. The lowest BCUT2D eigenvalue weighted by Gasteiger charge is -2.35. The van der Waals surface area contributed by atoms with E-state index in [0.717, 1.165) is 25.7 Å². The second-order valence-corrected chi connectivity index (χ2v) is 13.4. The molecule has 1 rings (SSSR count). The molecule has 5 amide bonds. The Kier molecular flexibility index (Phi) is 19.3. The number of esters is 1. The number of cyclic esters (lactones) is 1. The quantitative estimate of drug-likeness (QED) is 0.122. The lowest BCUT2D eigenvalue weighted by Crippen LogP contribution is -2.61. The monoisotopic (exact) mass is 683 g/mol. The lowest BCUT2D eigenvalue weighted by atomic mass is 9.91. The fraction of sp³-hybridized carbons (Fsp3) is 0.824. The van der Waals surface area contributed by atoms with Gasteiger partial charge in [0.1, 0.15) is 36.8 Å². The molecule has 0 aromatic rings. The van der Waals surface area contributed by atoms with E-state index in [1.54, 1.807) is 13.8 Å². The van der Waals surface area contributed by atoms with Crippen LogP contribution in [0.1, 0.15) is 106 Å². The highest BCUT2D eigenvalue weighted by atomic mass is 16.5. The van der Waals surface area contributed by atoms with Crippen molar-refractivity contribution in [3.8, 4) is 0 Å². The summed E-state index contributed by atoms with van der Waals surface area (Å²) < 4.78 is 5.83. The van der Waals surface area contributed by atoms with Gasteiger partial charge in [-0.1, -0.05) is 73.6 Å². The molecule has 1 aliphatic rings. The first-order chi connectivity index (χ1) is 22.6. The Morgan fingerprint density at radius 1 is 0.833 bits per heavy atom. The largest absolute Gasteiger partial charge is 0.460 e. The molecule has 0 spiro atoms. The number of carbonyl (C=O) groups excluding carboxylic acids is 6. The fourth-order valence-electron chi connectivity index (χ4n) is 5.74. The molecule has 0 aromatic carbocycles. The fourth-order valence-corrected chi connectivity index (χ4v) is 5.74. The molecule has 48 heavy (non-hydrogen) atoms. The van der Waals surface area contributed by atoms with Gasteiger partial charge in [0, 0.05) is 7.05 Å². The SMILES string of the molecule is CCCCCCC[C@H]1OC(=O)CNC(=O)[C@H]([C@H](C)O)NC(=O)[C@H](CO)NC(=O)[C@H]([C@H](C)CC)NC(=O)[C@H](CC(C)C)N(C)C(=O)[C@@H]1CC. The molecular formula is C34H61N5O9. The van der Waals surface area contributed by atoms with Crippen LogP contribution in [0.25, 0.3) is 0 Å². The summed E-state index contributed by atoms with van der Waals surface area (Å²) in [6.45, 7) is 11.1. The van der Waals surface area contributed by atoms with Crippen LogP contribution in [-0.4, -0.2) is 107 Å². The van der Waals surface area contributed by atoms with Crippen LogP contribution in [0, 0.1) is 17.8 Å². The highest BCUT2D eigenvalue weighted by Crippen LogP contribution is 2.24. The molecule has 6 N–H and O–H groups in total. The van der Waals surface area contributed by atoms with Crippen molar-refractivity contribution in [2.24, 2.45) is 17.8 Å². The Morgan fingerprint density at radius 3 is 2.00 bits per heavy atom. The number of carbonyl (C=O) groups is 6. The van der Waals surface area contributed by atoms with Gasteiger partial charge in [-0.3, -0.25) is 28.8 Å². The number of aliphatic hydroxyl groups is 2. The van der Waals surface area contributed by atoms with Crippen molar-refractivity contribution >= 4 is 35.5 Å². The van der Waals surface area contributed by atoms with Crippen LogP contribution in [0.5, 0.6) is 0 Å². The molecule has 1 aliphatic heterocycles. The zero-order valence-electron chi connectivity index (χ0n) is 30.2. The maximum absolute atomic E-state index is 14.1. The minimum Gasteiger partial charge on any atom is -0.460 e. The van der Waals surface area contributed by atoms with E-state index >= 15 is 0 Å². The van der Waals surface area contributed by atoms with Gasteiger partial charge in [-0.25, -0.2) is 0 Å². The Hall–Kier alpha value is -3.26. The average Bonchev–Trinajstić information content (AvgIpc) is 3.04. The molecule has 1 saturated heterocycles. The van der Waals surface area contributed by atoms with Crippen LogP contribution in [0.4, 0.5) is 0 Å². The highest BCUT2D eigenvalue weighted by Gasteiger charge is 2.39. The van der Waals surface area contributed by atoms with Gasteiger partial charge in [0.15, 0.2) is 0 Å². The van der Waals surface area contributed by atoms with Crippen molar-refractivity contribution in [1.29, 1.82) is 0 Å². The van der Waals surface area contributed by atoms with E-state index in [4.69, 9.17) is 4.74 Å². The van der Waals surface area contributed by atoms with E-state index < -0.39 is 91.0 Å². The molecule has 0 aromatic heterocycles. The molecule has 0 bridgehead atoms. The molecule has 8 atom stereocenters. The summed E-state index contributed by atoms with van der Waals surface area (Å²) in [6.07, 6.45) is 3.89. The molecule has 0 radical (unpaired) electrons. The van der Waals surface area contributed by atoms with Gasteiger partial charge >= 0.3 is 5.97 Å². The van der Waals surface area contributed by atoms with Gasteiger partial charge in [-0.2, -0.15) is 0 Å². The molecule has 14 heteroatoms. The molecule has 1 heterocycles. The van der Waals surface area contributed by atoms with Crippen molar-refractivity contribution in [3.63, 3.8) is 0 Å². The van der Waals surface area contributed by atoms with Crippen molar-refractivity contribution in [1.82, 2.24) is 26.2 Å². The van der Waals surface area contributed by atoms with Gasteiger partial charge in [0.25, 0.3) is 0 Å². The smallest absolute Gasteiger partial charge is 0.325 e. The first kappa shape index (κ1) is 42.8. The second kappa shape index (κ2) is 21.7. The van der Waals surface area contributed by atoms with E-state index in [1.165, 1.54) is 18.9 Å². The summed E-state index contributed by atoms with van der Waals surface area (Å²) in [6, 6.07) is -5.15. The molecule has 14 nitrogen and oxygen atoms in total. The number of hydrogen-bond acceptors (Lipinski definition) is 9. The second-order valence-electron chi connectivity index (χ2n) is 13.4. The van der Waals surface area contributed by atoms with Gasteiger partial charge < -0.3 is 41.1 Å². The number of aliphatic hydroxyl groups excluding tert-OH is 2. The van der Waals surface area contributed by atoms with E-state index in [0.29, 0.717) is 25.7 Å². The lowest BCUT2D eigenvalue weighted by molar-refractivity contribution is -0.158. The number of hydrogen-bond donors (Lipinski definition) is 6. The van der Waals surface area contributed by atoms with Crippen molar-refractivity contribution < 1.29 is 43.7 Å². The van der Waals surface area contributed by atoms with E-state index in [9.17, 15) is 39.0 Å². The van der Waals surface area contributed by atoms with Gasteiger partial charge in [0.2, 0.25) is 29.5 Å². The van der Waals surface area contributed by atoms with Crippen LogP contribution >= 0.6 is 0 Å². The maximum atomic E-state index is 14.1. The van der Waals surface area contributed by atoms with Gasteiger partial charge in [-0.05, 0) is 44.4 Å². The van der Waals surface area contributed by atoms with Crippen LogP contribution < -0.4 is 21.3 Å². The number of rotatable bonds is 13. The van der Waals surface area contributed by atoms with Crippen LogP contribution in [0.15, 0.2) is 0 Å². The minimum absolute atomic E-state index is 0.00584. The number of unbranched alkanes of at least 4 members (excludes halogenated alkanes) is 4. The average molecular weight is 684 g/mol. The number of likely N-dealkylation sites (N-methyl/N-ethyl adjacent to an activating group) is 1. The summed E-state index contributed by atoms with van der Waals surface area (Å²) in [4.78, 5) is 82.1. The van der Waals surface area contributed by atoms with Crippen molar-refractivity contribution in [3.05, 3.63) is 0 Å². The third-order valence-corrected chi connectivity index (χ3v) is 8.97. The van der Waals surface area contributed by atoms with Crippen LogP contribution in [0.2, 0.25) is 0 Å². The van der Waals surface area contributed by atoms with Gasteiger partial charge in [-0.15, -0.1) is 0 Å². The number of nitrogens with zero attached hydrogens (tertiary/aromatic N) is 1. The third kappa shape index (κ3) is 13.3. The summed E-state index contributed by atoms with van der Waals surface area (Å²) >= 11 is 0. The van der Waals surface area contributed by atoms with E-state index in [2.05, 4.69) is 28.2 Å². The molecule has 276 valence electrons. The predicted octanol–water partition coefficient (Wildman–Crippen LogP) is 1.16. The van der Waals surface area contributed by atoms with Crippen molar-refractivity contribution in [2.75, 3.05) is 20.2 Å². The Balaban J connectivity index is 3.67. The minimum atomic E-state index is -1.53. The zero-order valence-corrected chi connectivity index (χ0v) is 30.2. The number of nitrogens with one attached hydrogen (secondary N) is 4. The zero-order chi connectivity index (χ0) is 36.6. The Bertz CT molecular complexity index is 1070. The number of amides is 5. The summed E-state index contributed by atoms with van der Waals surface area (Å²) in [5, 5.41) is 30.2. The van der Waals surface area contributed by atoms with Gasteiger partial charge in [0.05, 0.1) is 18.6 Å². The van der Waals surface area contributed by atoms with Crippen LogP contribution in [-0.2, 0) is 33.5 Å². The van der Waals surface area contributed by atoms with E-state index in [-0.39, 0.29) is 18.2 Å². The highest BCUT2D eigenvalue weighted by molar-refractivity contribution is 5.96. The molecular weight excluding hydrogens is 622 g/mol. The summed E-state index contributed by atoms with van der Waals surface area (Å²) in [7, 11) is 1.53. The predicted molar refractivity (Wildman–Crippen MR) is 180 cm³/mol. The normalized spacial score (nSPS) is 27.1. The maximum Gasteiger partial charge on any atom is 0.325 e.